The number of carbonyl (C=O) groups excluding carboxylic acids is 2. The zero-order valence-electron chi connectivity index (χ0n) is 10.5. The van der Waals surface area contributed by atoms with Crippen LogP contribution in [0.4, 0.5) is 18.0 Å². The summed E-state index contributed by atoms with van der Waals surface area (Å²) in [5.74, 6) is -0.772. The molecule has 0 spiro atoms. The number of halogens is 3. The molecule has 0 aromatic carbocycles. The molecule has 0 aromatic heterocycles. The maximum atomic E-state index is 12.4. The molecule has 5 nitrogen and oxygen atoms in total. The fourth-order valence-corrected chi connectivity index (χ4v) is 2.77. The summed E-state index contributed by atoms with van der Waals surface area (Å²) in [6, 6.07) is -0.583. The molecule has 108 valence electrons. The van der Waals surface area contributed by atoms with E-state index in [2.05, 4.69) is 10.6 Å². The average Bonchev–Trinajstić information content (AvgIpc) is 2.51. The summed E-state index contributed by atoms with van der Waals surface area (Å²) in [7, 11) is 0. The Labute approximate surface area is 108 Å². The van der Waals surface area contributed by atoms with Crippen LogP contribution in [-0.2, 0) is 4.79 Å². The Morgan fingerprint density at radius 1 is 1.42 bits per heavy atom. The Morgan fingerprint density at radius 2 is 2.11 bits per heavy atom. The molecule has 0 saturated carbocycles. The van der Waals surface area contributed by atoms with Crippen molar-refractivity contribution in [3.8, 4) is 0 Å². The molecule has 0 aromatic rings. The number of imide groups is 1. The van der Waals surface area contributed by atoms with E-state index >= 15 is 0 Å². The molecule has 8 heteroatoms. The van der Waals surface area contributed by atoms with E-state index < -0.39 is 30.2 Å². The predicted octanol–water partition coefficient (Wildman–Crippen LogP) is 0.859. The highest BCUT2D eigenvalue weighted by Gasteiger charge is 2.49. The van der Waals surface area contributed by atoms with Crippen molar-refractivity contribution in [3.63, 3.8) is 0 Å². The molecule has 19 heavy (non-hydrogen) atoms. The van der Waals surface area contributed by atoms with Crippen molar-refractivity contribution in [3.05, 3.63) is 0 Å². The second-order valence-corrected chi connectivity index (χ2v) is 5.30. The van der Waals surface area contributed by atoms with Crippen molar-refractivity contribution in [2.45, 2.75) is 31.5 Å². The molecule has 3 amide bonds. The molecule has 2 atom stereocenters. The van der Waals surface area contributed by atoms with E-state index in [0.29, 0.717) is 19.4 Å². The third kappa shape index (κ3) is 2.99. The van der Waals surface area contributed by atoms with Crippen LogP contribution in [0.25, 0.3) is 0 Å². The van der Waals surface area contributed by atoms with Crippen LogP contribution >= 0.6 is 0 Å². The number of piperidine rings is 1. The number of nitrogens with one attached hydrogen (secondary N) is 2. The minimum atomic E-state index is -4.25. The van der Waals surface area contributed by atoms with Crippen molar-refractivity contribution in [1.29, 1.82) is 0 Å². The number of carbonyl (C=O) groups is 2. The molecule has 2 saturated heterocycles. The quantitative estimate of drug-likeness (QED) is 0.737. The molecule has 2 fully saturated rings. The zero-order chi connectivity index (χ0) is 14.3. The first-order chi connectivity index (χ1) is 8.71. The number of alkyl halides is 3. The highest BCUT2D eigenvalue weighted by atomic mass is 19.4. The Balaban J connectivity index is 2.05. The van der Waals surface area contributed by atoms with Gasteiger partial charge in [-0.3, -0.25) is 15.0 Å². The van der Waals surface area contributed by atoms with Gasteiger partial charge in [-0.1, -0.05) is 0 Å². The second-order valence-electron chi connectivity index (χ2n) is 5.30. The molecule has 2 rings (SSSR count). The largest absolute Gasteiger partial charge is 0.401 e. The summed E-state index contributed by atoms with van der Waals surface area (Å²) < 4.78 is 37.2. The summed E-state index contributed by atoms with van der Waals surface area (Å²) in [5.41, 5.74) is -1.11. The van der Waals surface area contributed by atoms with Gasteiger partial charge in [0.15, 0.2) is 0 Å². The van der Waals surface area contributed by atoms with E-state index in [1.807, 2.05) is 0 Å². The Kier molecular flexibility index (Phi) is 3.46. The predicted molar refractivity (Wildman–Crippen MR) is 60.3 cm³/mol. The maximum Gasteiger partial charge on any atom is 0.401 e. The molecular formula is C11H16F3N3O2. The first kappa shape index (κ1) is 14.1. The zero-order valence-corrected chi connectivity index (χ0v) is 10.5. The van der Waals surface area contributed by atoms with Gasteiger partial charge in [0.1, 0.15) is 5.54 Å². The standard InChI is InChI=1S/C11H16F3N3O2/c1-10(8(18)15-9(19)16-10)7-3-2-4-17(5-7)6-11(12,13)14/h7H,2-6H2,1H3,(H2,15,16,18,19)/t7-,10-/m0/s1. The second kappa shape index (κ2) is 4.66. The minimum absolute atomic E-state index is 0.156. The molecule has 2 N–H and O–H groups in total. The van der Waals surface area contributed by atoms with Crippen molar-refractivity contribution in [2.24, 2.45) is 5.92 Å². The monoisotopic (exact) mass is 279 g/mol. The summed E-state index contributed by atoms with van der Waals surface area (Å²) in [6.07, 6.45) is -3.04. The summed E-state index contributed by atoms with van der Waals surface area (Å²) in [6.45, 7) is 1.11. The minimum Gasteiger partial charge on any atom is -0.323 e. The van der Waals surface area contributed by atoms with E-state index in [4.69, 9.17) is 0 Å². The molecule has 0 unspecified atom stereocenters. The first-order valence-corrected chi connectivity index (χ1v) is 6.13. The third-order valence-electron chi connectivity index (χ3n) is 3.80. The van der Waals surface area contributed by atoms with E-state index in [9.17, 15) is 22.8 Å². The van der Waals surface area contributed by atoms with Crippen LogP contribution < -0.4 is 10.6 Å². The average molecular weight is 279 g/mol. The highest BCUT2D eigenvalue weighted by molar-refractivity contribution is 6.06. The SMILES string of the molecule is C[C@@]1([C@H]2CCCN(CC(F)(F)F)C2)NC(=O)NC1=O. The van der Waals surface area contributed by atoms with Crippen molar-refractivity contribution < 1.29 is 22.8 Å². The number of likely N-dealkylation sites (tertiary alicyclic amines) is 1. The van der Waals surface area contributed by atoms with Gasteiger partial charge in [-0.2, -0.15) is 13.2 Å². The van der Waals surface area contributed by atoms with Gasteiger partial charge in [0, 0.05) is 12.5 Å². The van der Waals surface area contributed by atoms with Gasteiger partial charge in [0.25, 0.3) is 5.91 Å². The lowest BCUT2D eigenvalue weighted by molar-refractivity contribution is -0.151. The van der Waals surface area contributed by atoms with Gasteiger partial charge in [-0.05, 0) is 26.3 Å². The Morgan fingerprint density at radius 3 is 2.63 bits per heavy atom. The van der Waals surface area contributed by atoms with Crippen molar-refractivity contribution in [1.82, 2.24) is 15.5 Å². The van der Waals surface area contributed by atoms with Crippen LogP contribution in [0, 0.1) is 5.92 Å². The van der Waals surface area contributed by atoms with Crippen LogP contribution in [0.3, 0.4) is 0 Å². The smallest absolute Gasteiger partial charge is 0.323 e. The molecule has 0 bridgehead atoms. The molecule has 2 aliphatic rings. The lowest BCUT2D eigenvalue weighted by Gasteiger charge is -2.39. The number of hydrogen-bond acceptors (Lipinski definition) is 3. The van der Waals surface area contributed by atoms with Crippen molar-refractivity contribution >= 4 is 11.9 Å². The molecule has 0 radical (unpaired) electrons. The highest BCUT2D eigenvalue weighted by Crippen LogP contribution is 2.31. The summed E-state index contributed by atoms with van der Waals surface area (Å²) in [5, 5.41) is 4.66. The Bertz CT molecular complexity index is 399. The van der Waals surface area contributed by atoms with Crippen LogP contribution in [0.1, 0.15) is 19.8 Å². The number of urea groups is 1. The molecular weight excluding hydrogens is 263 g/mol. The van der Waals surface area contributed by atoms with Gasteiger partial charge in [-0.25, -0.2) is 4.79 Å². The molecule has 2 heterocycles. The topological polar surface area (TPSA) is 61.4 Å². The van der Waals surface area contributed by atoms with Gasteiger partial charge in [-0.15, -0.1) is 0 Å². The van der Waals surface area contributed by atoms with Crippen molar-refractivity contribution in [2.75, 3.05) is 19.6 Å². The fourth-order valence-electron chi connectivity index (χ4n) is 2.77. The number of nitrogens with zero attached hydrogens (tertiary/aromatic N) is 1. The van der Waals surface area contributed by atoms with Gasteiger partial charge in [0.05, 0.1) is 6.54 Å². The lowest BCUT2D eigenvalue weighted by atomic mass is 9.80. The van der Waals surface area contributed by atoms with Gasteiger partial charge >= 0.3 is 12.2 Å². The summed E-state index contributed by atoms with van der Waals surface area (Å²) >= 11 is 0. The van der Waals surface area contributed by atoms with E-state index in [0.717, 1.165) is 0 Å². The normalized spacial score (nSPS) is 33.2. The van der Waals surface area contributed by atoms with E-state index in [-0.39, 0.29) is 12.5 Å². The maximum absolute atomic E-state index is 12.4. The van der Waals surface area contributed by atoms with Crippen LogP contribution in [0.5, 0.6) is 0 Å². The van der Waals surface area contributed by atoms with Gasteiger partial charge < -0.3 is 5.32 Å². The van der Waals surface area contributed by atoms with Gasteiger partial charge in [0.2, 0.25) is 0 Å². The molecule has 2 aliphatic heterocycles. The Hall–Kier alpha value is -1.31. The molecule has 0 aliphatic carbocycles. The third-order valence-corrected chi connectivity index (χ3v) is 3.80. The summed E-state index contributed by atoms with van der Waals surface area (Å²) in [4.78, 5) is 24.2. The fraction of sp³-hybridized carbons (Fsp3) is 0.818. The lowest BCUT2D eigenvalue weighted by Crippen LogP contribution is -2.56. The number of amides is 3. The first-order valence-electron chi connectivity index (χ1n) is 6.13. The van der Waals surface area contributed by atoms with Crippen LogP contribution in [0.2, 0.25) is 0 Å². The van der Waals surface area contributed by atoms with E-state index in [1.54, 1.807) is 6.92 Å². The van der Waals surface area contributed by atoms with Crippen LogP contribution in [-0.4, -0.2) is 48.2 Å². The number of rotatable bonds is 2. The number of hydrogen-bond donors (Lipinski definition) is 2. The van der Waals surface area contributed by atoms with E-state index in [1.165, 1.54) is 4.90 Å². The van der Waals surface area contributed by atoms with Crippen LogP contribution in [0.15, 0.2) is 0 Å².